The molecule has 0 bridgehead atoms. The van der Waals surface area contributed by atoms with Crippen LogP contribution in [-0.2, 0) is 0 Å². The summed E-state index contributed by atoms with van der Waals surface area (Å²) in [5.41, 5.74) is 1.54. The summed E-state index contributed by atoms with van der Waals surface area (Å²) in [4.78, 5) is 29.3. The van der Waals surface area contributed by atoms with Gasteiger partial charge in [0, 0.05) is 12.7 Å². The second-order valence-corrected chi connectivity index (χ2v) is 6.51. The van der Waals surface area contributed by atoms with Gasteiger partial charge in [-0.15, -0.1) is 0 Å². The third kappa shape index (κ3) is 2.55. The zero-order chi connectivity index (χ0) is 18.3. The zero-order valence-corrected chi connectivity index (χ0v) is 14.4. The van der Waals surface area contributed by atoms with Crippen molar-refractivity contribution in [3.8, 4) is 5.69 Å². The van der Waals surface area contributed by atoms with Crippen molar-refractivity contribution in [3.05, 3.63) is 53.1 Å². The molecule has 0 aliphatic carbocycles. The average molecular weight is 350 g/mol. The molecule has 0 atom stereocenters. The number of rotatable bonds is 3. The Kier molecular flexibility index (Phi) is 3.80. The number of hydrogen-bond acceptors (Lipinski definition) is 4. The summed E-state index contributed by atoms with van der Waals surface area (Å²) in [6.45, 7) is 4.57. The number of fused-ring (bicyclic) bond motifs is 3. The Hall–Kier alpha value is -3.42. The Morgan fingerprint density at radius 3 is 2.69 bits per heavy atom. The van der Waals surface area contributed by atoms with Crippen LogP contribution >= 0.6 is 0 Å². The van der Waals surface area contributed by atoms with Gasteiger partial charge in [-0.3, -0.25) is 9.89 Å². The van der Waals surface area contributed by atoms with Crippen molar-refractivity contribution in [2.24, 2.45) is 5.92 Å². The molecule has 132 valence electrons. The van der Waals surface area contributed by atoms with Crippen LogP contribution in [0.4, 0.5) is 4.79 Å². The summed E-state index contributed by atoms with van der Waals surface area (Å²) in [6.07, 6.45) is 3.02. The average Bonchev–Trinajstić information content (AvgIpc) is 3.22. The number of nitrogens with zero attached hydrogens (tertiary/aromatic N) is 4. The van der Waals surface area contributed by atoms with E-state index in [2.05, 4.69) is 20.5 Å². The van der Waals surface area contributed by atoms with Crippen molar-refractivity contribution < 1.29 is 4.79 Å². The van der Waals surface area contributed by atoms with Gasteiger partial charge < -0.3 is 5.32 Å². The largest absolute Gasteiger partial charge is 0.344 e. The van der Waals surface area contributed by atoms with E-state index in [4.69, 9.17) is 0 Å². The van der Waals surface area contributed by atoms with Crippen LogP contribution in [0.2, 0.25) is 0 Å². The molecule has 0 spiro atoms. The van der Waals surface area contributed by atoms with E-state index < -0.39 is 0 Å². The van der Waals surface area contributed by atoms with Crippen LogP contribution in [0.1, 0.15) is 13.8 Å². The Labute approximate surface area is 148 Å². The lowest BCUT2D eigenvalue weighted by Gasteiger charge is -2.07. The van der Waals surface area contributed by atoms with Gasteiger partial charge in [-0.1, -0.05) is 32.0 Å². The molecule has 3 heterocycles. The molecule has 1 aromatic carbocycles. The molecule has 0 radical (unpaired) electrons. The minimum atomic E-state index is -0.342. The maximum absolute atomic E-state index is 12.7. The van der Waals surface area contributed by atoms with Gasteiger partial charge in [0.25, 0.3) is 5.56 Å². The fourth-order valence-electron chi connectivity index (χ4n) is 2.82. The second-order valence-electron chi connectivity index (χ2n) is 6.51. The number of carbonyl (C=O) groups excluding carboxylic acids is 1. The summed E-state index contributed by atoms with van der Waals surface area (Å²) in [5.74, 6) is 0.330. The molecule has 0 aliphatic rings. The molecule has 0 fully saturated rings. The lowest BCUT2D eigenvalue weighted by Crippen LogP contribution is -2.32. The Bertz CT molecular complexity index is 1150. The molecule has 1 amide bonds. The van der Waals surface area contributed by atoms with Crippen molar-refractivity contribution in [1.82, 2.24) is 29.9 Å². The Morgan fingerprint density at radius 2 is 1.96 bits per heavy atom. The van der Waals surface area contributed by atoms with E-state index in [9.17, 15) is 9.59 Å². The van der Waals surface area contributed by atoms with Crippen LogP contribution in [0, 0.1) is 5.92 Å². The quantitative estimate of drug-likeness (QED) is 0.592. The standard InChI is InChI=1S/C18H18N6O2/c1-11(2)8-20-18(26)24-16-13(10-21-24)15-14(9-19-16)17(25)23(22-15)12-6-4-3-5-7-12/h3-7,9-11,22H,8H2,1-2H3,(H,20,26). The monoisotopic (exact) mass is 350 g/mol. The van der Waals surface area contributed by atoms with Gasteiger partial charge in [-0.05, 0) is 18.1 Å². The van der Waals surface area contributed by atoms with Gasteiger partial charge >= 0.3 is 6.03 Å². The van der Waals surface area contributed by atoms with Crippen LogP contribution in [-0.4, -0.2) is 37.1 Å². The zero-order valence-electron chi connectivity index (χ0n) is 14.4. The molecule has 26 heavy (non-hydrogen) atoms. The smallest absolute Gasteiger partial charge is 0.336 e. The highest BCUT2D eigenvalue weighted by molar-refractivity contribution is 6.03. The van der Waals surface area contributed by atoms with Crippen LogP contribution in [0.3, 0.4) is 0 Å². The van der Waals surface area contributed by atoms with E-state index in [1.54, 1.807) is 6.20 Å². The minimum absolute atomic E-state index is 0.197. The second kappa shape index (κ2) is 6.14. The lowest BCUT2D eigenvalue weighted by molar-refractivity contribution is 0.239. The lowest BCUT2D eigenvalue weighted by atomic mass is 10.2. The Balaban J connectivity index is 1.84. The summed E-state index contributed by atoms with van der Waals surface area (Å²) in [6, 6.07) is 8.94. The van der Waals surface area contributed by atoms with Gasteiger partial charge in [0.15, 0.2) is 5.65 Å². The molecule has 4 aromatic rings. The van der Waals surface area contributed by atoms with Gasteiger partial charge in [0.1, 0.15) is 0 Å². The van der Waals surface area contributed by atoms with Crippen molar-refractivity contribution >= 4 is 28.0 Å². The van der Waals surface area contributed by atoms with E-state index in [0.29, 0.717) is 34.4 Å². The number of aromatic nitrogens is 5. The van der Waals surface area contributed by atoms with Crippen molar-refractivity contribution in [3.63, 3.8) is 0 Å². The van der Waals surface area contributed by atoms with E-state index in [-0.39, 0.29) is 11.6 Å². The highest BCUT2D eigenvalue weighted by atomic mass is 16.2. The molecule has 0 unspecified atom stereocenters. The first-order valence-electron chi connectivity index (χ1n) is 8.37. The number of pyridine rings is 1. The van der Waals surface area contributed by atoms with Gasteiger partial charge in [-0.2, -0.15) is 9.78 Å². The van der Waals surface area contributed by atoms with E-state index >= 15 is 0 Å². The third-order valence-corrected chi connectivity index (χ3v) is 4.12. The SMILES string of the molecule is CC(C)CNC(=O)n1ncc2c3[nH]n(-c4ccccc4)c(=O)c3cnc21. The summed E-state index contributed by atoms with van der Waals surface area (Å²) >= 11 is 0. The first-order valence-corrected chi connectivity index (χ1v) is 8.37. The van der Waals surface area contributed by atoms with Crippen LogP contribution in [0.15, 0.2) is 47.5 Å². The van der Waals surface area contributed by atoms with Crippen molar-refractivity contribution in [2.75, 3.05) is 6.54 Å². The molecule has 0 saturated heterocycles. The normalized spacial score (nSPS) is 11.5. The fourth-order valence-corrected chi connectivity index (χ4v) is 2.82. The predicted molar refractivity (Wildman–Crippen MR) is 98.6 cm³/mol. The molecule has 2 N–H and O–H groups in total. The predicted octanol–water partition coefficient (Wildman–Crippen LogP) is 2.28. The number of hydrogen-bond donors (Lipinski definition) is 2. The Morgan fingerprint density at radius 1 is 1.19 bits per heavy atom. The number of carbonyl (C=O) groups is 1. The minimum Gasteiger partial charge on any atom is -0.336 e. The molecular weight excluding hydrogens is 332 g/mol. The first-order chi connectivity index (χ1) is 12.6. The molecule has 3 aromatic heterocycles. The summed E-state index contributed by atoms with van der Waals surface area (Å²) in [7, 11) is 0. The van der Waals surface area contributed by atoms with Crippen molar-refractivity contribution in [1.29, 1.82) is 0 Å². The van der Waals surface area contributed by atoms with Gasteiger partial charge in [-0.25, -0.2) is 14.5 Å². The molecule has 0 aliphatic heterocycles. The summed E-state index contributed by atoms with van der Waals surface area (Å²) < 4.78 is 2.68. The molecular formula is C18H18N6O2. The van der Waals surface area contributed by atoms with Crippen LogP contribution in [0.5, 0.6) is 0 Å². The molecule has 4 rings (SSSR count). The highest BCUT2D eigenvalue weighted by Crippen LogP contribution is 2.20. The maximum Gasteiger partial charge on any atom is 0.344 e. The third-order valence-electron chi connectivity index (χ3n) is 4.12. The molecule has 8 heteroatoms. The number of amides is 1. The van der Waals surface area contributed by atoms with Crippen LogP contribution in [0.25, 0.3) is 27.6 Å². The van der Waals surface area contributed by atoms with Gasteiger partial charge in [0.05, 0.1) is 28.2 Å². The van der Waals surface area contributed by atoms with Crippen LogP contribution < -0.4 is 10.9 Å². The summed E-state index contributed by atoms with van der Waals surface area (Å²) in [5, 5.41) is 11.1. The maximum atomic E-state index is 12.7. The fraction of sp³-hybridized carbons (Fsp3) is 0.222. The number of benzene rings is 1. The highest BCUT2D eigenvalue weighted by Gasteiger charge is 2.17. The van der Waals surface area contributed by atoms with E-state index in [1.165, 1.54) is 15.6 Å². The number of para-hydroxylation sites is 1. The van der Waals surface area contributed by atoms with Gasteiger partial charge in [0.2, 0.25) is 0 Å². The topological polar surface area (TPSA) is 97.6 Å². The number of H-pyrrole nitrogens is 1. The van der Waals surface area contributed by atoms with E-state index in [0.717, 1.165) is 5.69 Å². The molecule has 0 saturated carbocycles. The number of nitrogens with one attached hydrogen (secondary N) is 2. The van der Waals surface area contributed by atoms with Crippen molar-refractivity contribution in [2.45, 2.75) is 13.8 Å². The number of aromatic amines is 1. The van der Waals surface area contributed by atoms with E-state index in [1.807, 2.05) is 44.2 Å². The molecule has 8 nitrogen and oxygen atoms in total. The first kappa shape index (κ1) is 16.1.